The van der Waals surface area contributed by atoms with Gasteiger partial charge in [0.25, 0.3) is 5.91 Å². The molecular formula is C28H25NO5. The highest BCUT2D eigenvalue weighted by Crippen LogP contribution is 2.40. The minimum atomic E-state index is -0.592. The third-order valence-electron chi connectivity index (χ3n) is 6.12. The zero-order valence-electron chi connectivity index (χ0n) is 19.3. The molecule has 5 rings (SSSR count). The second-order valence-electron chi connectivity index (χ2n) is 8.36. The number of nitrogens with zero attached hydrogens (tertiary/aromatic N) is 1. The smallest absolute Gasteiger partial charge is 0.291 e. The van der Waals surface area contributed by atoms with Gasteiger partial charge in [0, 0.05) is 6.54 Å². The van der Waals surface area contributed by atoms with E-state index < -0.39 is 6.04 Å². The lowest BCUT2D eigenvalue weighted by atomic mass is 9.97. The molecule has 0 N–H and O–H groups in total. The average Bonchev–Trinajstić information content (AvgIpc) is 3.12. The van der Waals surface area contributed by atoms with Gasteiger partial charge >= 0.3 is 0 Å². The summed E-state index contributed by atoms with van der Waals surface area (Å²) in [5.74, 6) is 1.21. The third kappa shape index (κ3) is 3.71. The Morgan fingerprint density at radius 3 is 2.50 bits per heavy atom. The summed E-state index contributed by atoms with van der Waals surface area (Å²) in [6, 6.07) is 19.9. The second-order valence-corrected chi connectivity index (χ2v) is 8.36. The first-order valence-corrected chi connectivity index (χ1v) is 11.2. The summed E-state index contributed by atoms with van der Waals surface area (Å²) in [5.41, 5.74) is 3.26. The van der Waals surface area contributed by atoms with Crippen molar-refractivity contribution in [3.8, 4) is 11.5 Å². The fraction of sp³-hybridized carbons (Fsp3) is 0.214. The van der Waals surface area contributed by atoms with Crippen molar-refractivity contribution >= 4 is 16.9 Å². The van der Waals surface area contributed by atoms with Gasteiger partial charge in [-0.05, 0) is 61.4 Å². The van der Waals surface area contributed by atoms with Gasteiger partial charge in [0.2, 0.25) is 5.76 Å². The van der Waals surface area contributed by atoms with E-state index in [1.165, 1.54) is 0 Å². The zero-order valence-corrected chi connectivity index (χ0v) is 19.3. The van der Waals surface area contributed by atoms with Crippen LogP contribution >= 0.6 is 0 Å². The Hall–Kier alpha value is -4.06. The normalized spacial score (nSPS) is 15.0. The van der Waals surface area contributed by atoms with Crippen LogP contribution in [-0.2, 0) is 6.54 Å². The van der Waals surface area contributed by atoms with Crippen molar-refractivity contribution in [3.05, 3.63) is 105 Å². The molecule has 34 heavy (non-hydrogen) atoms. The highest BCUT2D eigenvalue weighted by molar-refractivity contribution is 5.99. The van der Waals surface area contributed by atoms with Crippen LogP contribution in [-0.4, -0.2) is 24.5 Å². The summed E-state index contributed by atoms with van der Waals surface area (Å²) in [7, 11) is 1.61. The molecule has 0 fully saturated rings. The number of carbonyl (C=O) groups excluding carboxylic acids is 1. The maximum Gasteiger partial charge on any atom is 0.291 e. The Balaban J connectivity index is 1.68. The van der Waals surface area contributed by atoms with Crippen molar-refractivity contribution in [2.75, 3.05) is 13.7 Å². The van der Waals surface area contributed by atoms with Gasteiger partial charge in [-0.15, -0.1) is 0 Å². The first-order valence-electron chi connectivity index (χ1n) is 11.2. The maximum absolute atomic E-state index is 13.7. The molecule has 1 unspecified atom stereocenters. The number of benzene rings is 3. The number of rotatable bonds is 6. The lowest BCUT2D eigenvalue weighted by Gasteiger charge is -2.25. The minimum Gasteiger partial charge on any atom is -0.497 e. The van der Waals surface area contributed by atoms with Gasteiger partial charge in [-0.1, -0.05) is 35.9 Å². The Morgan fingerprint density at radius 2 is 1.76 bits per heavy atom. The Labute approximate surface area is 197 Å². The number of aryl methyl sites for hydroxylation is 1. The molecule has 1 aliphatic heterocycles. The fourth-order valence-corrected chi connectivity index (χ4v) is 4.51. The van der Waals surface area contributed by atoms with Crippen molar-refractivity contribution in [2.24, 2.45) is 0 Å². The first-order chi connectivity index (χ1) is 16.5. The SMILES string of the molecule is CCOc1cccc(C2c3c(oc4ccc(C)cc4c3=O)C(=O)N2Cc2ccc(OC)cc2)c1. The van der Waals surface area contributed by atoms with Crippen molar-refractivity contribution in [1.82, 2.24) is 4.90 Å². The first kappa shape index (κ1) is 21.8. The summed E-state index contributed by atoms with van der Waals surface area (Å²) >= 11 is 0. The Kier molecular flexibility index (Phi) is 5.57. The summed E-state index contributed by atoms with van der Waals surface area (Å²) in [6.45, 7) is 4.67. The molecule has 0 saturated heterocycles. The van der Waals surface area contributed by atoms with E-state index in [9.17, 15) is 9.59 Å². The summed E-state index contributed by atoms with van der Waals surface area (Å²) in [5, 5.41) is 0.476. The van der Waals surface area contributed by atoms with Gasteiger partial charge in [0.05, 0.1) is 30.7 Å². The number of carbonyl (C=O) groups is 1. The van der Waals surface area contributed by atoms with Gasteiger partial charge in [-0.3, -0.25) is 9.59 Å². The molecule has 6 heteroatoms. The summed E-state index contributed by atoms with van der Waals surface area (Å²) in [4.78, 5) is 29.0. The quantitative estimate of drug-likeness (QED) is 0.397. The standard InChI is InChI=1S/C28H25NO5/c1-4-33-21-7-5-6-19(15-21)25-24-26(30)22-14-17(2)8-13-23(22)34-27(24)28(31)29(25)16-18-9-11-20(32-3)12-10-18/h5-15,25H,4,16H2,1-3H3. The average molecular weight is 456 g/mol. The van der Waals surface area contributed by atoms with E-state index in [0.717, 1.165) is 22.4 Å². The molecule has 3 aromatic carbocycles. The van der Waals surface area contributed by atoms with Crippen molar-refractivity contribution in [3.63, 3.8) is 0 Å². The monoisotopic (exact) mass is 455 g/mol. The van der Waals surface area contributed by atoms with E-state index in [1.54, 1.807) is 18.1 Å². The number of fused-ring (bicyclic) bond motifs is 2. The number of hydrogen-bond acceptors (Lipinski definition) is 5. The molecule has 6 nitrogen and oxygen atoms in total. The van der Waals surface area contributed by atoms with E-state index >= 15 is 0 Å². The number of methoxy groups -OCH3 is 1. The maximum atomic E-state index is 13.7. The predicted molar refractivity (Wildman–Crippen MR) is 130 cm³/mol. The van der Waals surface area contributed by atoms with Crippen LogP contribution in [0.2, 0.25) is 0 Å². The number of hydrogen-bond donors (Lipinski definition) is 0. The molecule has 0 saturated carbocycles. The summed E-state index contributed by atoms with van der Waals surface area (Å²) < 4.78 is 17.0. The van der Waals surface area contributed by atoms with E-state index in [4.69, 9.17) is 13.9 Å². The van der Waals surface area contributed by atoms with Gasteiger partial charge in [0.15, 0.2) is 5.43 Å². The van der Waals surface area contributed by atoms with Crippen LogP contribution in [0, 0.1) is 6.92 Å². The molecule has 0 bridgehead atoms. The third-order valence-corrected chi connectivity index (χ3v) is 6.12. The molecule has 2 heterocycles. The molecule has 4 aromatic rings. The van der Waals surface area contributed by atoms with Crippen LogP contribution < -0.4 is 14.9 Å². The highest BCUT2D eigenvalue weighted by Gasteiger charge is 2.42. The molecular weight excluding hydrogens is 430 g/mol. The lowest BCUT2D eigenvalue weighted by Crippen LogP contribution is -2.29. The van der Waals surface area contributed by atoms with Crippen LogP contribution in [0.5, 0.6) is 11.5 Å². The number of ether oxygens (including phenoxy) is 2. The summed E-state index contributed by atoms with van der Waals surface area (Å²) in [6.07, 6.45) is 0. The predicted octanol–water partition coefficient (Wildman–Crippen LogP) is 5.25. The van der Waals surface area contributed by atoms with Crippen LogP contribution in [0.1, 0.15) is 45.8 Å². The van der Waals surface area contributed by atoms with Gasteiger partial charge in [-0.2, -0.15) is 0 Å². The van der Waals surface area contributed by atoms with Crippen molar-refractivity contribution in [1.29, 1.82) is 0 Å². The highest BCUT2D eigenvalue weighted by atomic mass is 16.5. The van der Waals surface area contributed by atoms with Crippen LogP contribution in [0.3, 0.4) is 0 Å². The minimum absolute atomic E-state index is 0.0988. The van der Waals surface area contributed by atoms with Gasteiger partial charge < -0.3 is 18.8 Å². The van der Waals surface area contributed by atoms with Gasteiger partial charge in [-0.25, -0.2) is 0 Å². The Bertz CT molecular complexity index is 1440. The molecule has 1 atom stereocenters. The molecule has 0 radical (unpaired) electrons. The largest absolute Gasteiger partial charge is 0.497 e. The molecule has 1 aromatic heterocycles. The van der Waals surface area contributed by atoms with Crippen molar-refractivity contribution < 1.29 is 18.7 Å². The molecule has 0 aliphatic carbocycles. The number of amides is 1. The molecule has 172 valence electrons. The van der Waals surface area contributed by atoms with Crippen molar-refractivity contribution in [2.45, 2.75) is 26.4 Å². The van der Waals surface area contributed by atoms with Crippen LogP contribution in [0.4, 0.5) is 0 Å². The second kappa shape index (κ2) is 8.71. The molecule has 0 spiro atoms. The van der Waals surface area contributed by atoms with E-state index in [2.05, 4.69) is 0 Å². The lowest BCUT2D eigenvalue weighted by molar-refractivity contribution is 0.0714. The fourth-order valence-electron chi connectivity index (χ4n) is 4.51. The Morgan fingerprint density at radius 1 is 0.971 bits per heavy atom. The topological polar surface area (TPSA) is 69.0 Å². The van der Waals surface area contributed by atoms with Crippen LogP contribution in [0.25, 0.3) is 11.0 Å². The zero-order chi connectivity index (χ0) is 23.8. The van der Waals surface area contributed by atoms with E-state index in [0.29, 0.717) is 35.4 Å². The van der Waals surface area contributed by atoms with E-state index in [-0.39, 0.29) is 17.1 Å². The molecule has 1 aliphatic rings. The molecule has 1 amide bonds. The van der Waals surface area contributed by atoms with Gasteiger partial charge in [0.1, 0.15) is 17.1 Å². The van der Waals surface area contributed by atoms with E-state index in [1.807, 2.05) is 74.5 Å². The van der Waals surface area contributed by atoms with Crippen LogP contribution in [0.15, 0.2) is 75.9 Å².